The highest BCUT2D eigenvalue weighted by molar-refractivity contribution is 9.11. The summed E-state index contributed by atoms with van der Waals surface area (Å²) in [5.74, 6) is 0.561. The van der Waals surface area contributed by atoms with Gasteiger partial charge in [-0.05, 0) is 86.8 Å². The van der Waals surface area contributed by atoms with Crippen LogP contribution in [0, 0.1) is 6.92 Å². The molecule has 35 heavy (non-hydrogen) atoms. The highest BCUT2D eigenvalue weighted by Crippen LogP contribution is 2.34. The number of rotatable bonds is 4. The number of nitrogens with zero attached hydrogens (tertiary/aromatic N) is 3. The number of thiazole rings is 1. The van der Waals surface area contributed by atoms with Gasteiger partial charge >= 0.3 is 0 Å². The fraction of sp³-hybridized carbons (Fsp3) is 0.0800. The Bertz CT molecular complexity index is 1520. The number of benzene rings is 3. The number of aromatic nitrogens is 1. The van der Waals surface area contributed by atoms with E-state index in [1.165, 1.54) is 11.3 Å². The van der Waals surface area contributed by atoms with Gasteiger partial charge in [0.25, 0.3) is 5.91 Å². The fourth-order valence-corrected chi connectivity index (χ4v) is 5.52. The molecule has 0 saturated carbocycles. The van der Waals surface area contributed by atoms with Crippen molar-refractivity contribution in [2.45, 2.75) is 6.92 Å². The minimum atomic E-state index is -0.190. The maximum Gasteiger partial charge on any atom is 0.262 e. The normalized spacial score (nSPS) is 13.6. The molecule has 0 bridgehead atoms. The Labute approximate surface area is 221 Å². The van der Waals surface area contributed by atoms with Crippen LogP contribution in [0.2, 0.25) is 0 Å². The minimum absolute atomic E-state index is 0.00637. The molecule has 1 aromatic heterocycles. The van der Waals surface area contributed by atoms with Gasteiger partial charge in [-0.3, -0.25) is 4.79 Å². The monoisotopic (exact) mass is 612 g/mol. The summed E-state index contributed by atoms with van der Waals surface area (Å²) in [6.45, 7) is 2.04. The van der Waals surface area contributed by atoms with E-state index in [4.69, 9.17) is 14.8 Å². The van der Waals surface area contributed by atoms with E-state index >= 15 is 0 Å². The Morgan fingerprint density at radius 3 is 2.60 bits per heavy atom. The standard InChI is InChI=1S/C25H18Br2N4O3S/c1-14-2-5-17(6-3-14)29-25-31(28-11-15-8-18(26)24(33)19(27)9-15)21(13-35-25)16-4-7-22-20(10-16)30-23(32)12-34-22/h2-11,13,33H,12H2,1H3,(H,30,32). The number of halogens is 2. The van der Waals surface area contributed by atoms with E-state index in [0.29, 0.717) is 25.2 Å². The van der Waals surface area contributed by atoms with Crippen LogP contribution in [0.3, 0.4) is 0 Å². The predicted octanol–water partition coefficient (Wildman–Crippen LogP) is 6.20. The Morgan fingerprint density at radius 2 is 1.86 bits per heavy atom. The second-order valence-electron chi connectivity index (χ2n) is 7.79. The smallest absolute Gasteiger partial charge is 0.262 e. The molecule has 10 heteroatoms. The van der Waals surface area contributed by atoms with Crippen molar-refractivity contribution in [3.63, 3.8) is 0 Å². The fourth-order valence-electron chi connectivity index (χ4n) is 3.44. The maximum absolute atomic E-state index is 11.8. The lowest BCUT2D eigenvalue weighted by molar-refractivity contribution is -0.118. The lowest BCUT2D eigenvalue weighted by Crippen LogP contribution is -2.25. The first-order chi connectivity index (χ1) is 16.9. The number of phenolic OH excluding ortho intramolecular Hbond substituents is 1. The molecule has 0 radical (unpaired) electrons. The van der Waals surface area contributed by atoms with Gasteiger partial charge in [0.05, 0.1) is 32.2 Å². The van der Waals surface area contributed by atoms with Gasteiger partial charge in [-0.2, -0.15) is 5.10 Å². The molecular formula is C25H18Br2N4O3S. The van der Waals surface area contributed by atoms with Crippen molar-refractivity contribution in [2.24, 2.45) is 10.1 Å². The van der Waals surface area contributed by atoms with Crippen molar-refractivity contribution in [1.82, 2.24) is 4.68 Å². The third kappa shape index (κ3) is 5.09. The summed E-state index contributed by atoms with van der Waals surface area (Å²) in [4.78, 5) is 17.3. The van der Waals surface area contributed by atoms with Gasteiger partial charge in [0.1, 0.15) is 11.5 Å². The highest BCUT2D eigenvalue weighted by Gasteiger charge is 2.18. The number of carbonyl (C=O) groups excluding carboxylic acids is 1. The molecule has 176 valence electrons. The second-order valence-corrected chi connectivity index (χ2v) is 10.3. The van der Waals surface area contributed by atoms with Crippen molar-refractivity contribution >= 4 is 66.7 Å². The molecular weight excluding hydrogens is 596 g/mol. The van der Waals surface area contributed by atoms with E-state index in [-0.39, 0.29) is 18.3 Å². The molecule has 0 unspecified atom stereocenters. The number of carbonyl (C=O) groups is 1. The molecule has 3 aromatic carbocycles. The Morgan fingerprint density at radius 1 is 1.11 bits per heavy atom. The highest BCUT2D eigenvalue weighted by atomic mass is 79.9. The second kappa shape index (κ2) is 9.80. The molecule has 0 atom stereocenters. The molecule has 1 amide bonds. The van der Waals surface area contributed by atoms with Gasteiger partial charge < -0.3 is 15.2 Å². The zero-order valence-corrected chi connectivity index (χ0v) is 22.3. The molecule has 0 spiro atoms. The van der Waals surface area contributed by atoms with Crippen LogP contribution in [-0.4, -0.2) is 28.5 Å². The molecule has 7 nitrogen and oxygen atoms in total. The quantitative estimate of drug-likeness (QED) is 0.269. The molecule has 5 rings (SSSR count). The zero-order valence-electron chi connectivity index (χ0n) is 18.3. The van der Waals surface area contributed by atoms with Crippen LogP contribution in [0.4, 0.5) is 11.4 Å². The molecule has 2 N–H and O–H groups in total. The molecule has 1 aliphatic rings. The number of aromatic hydroxyl groups is 1. The lowest BCUT2D eigenvalue weighted by Gasteiger charge is -2.18. The summed E-state index contributed by atoms with van der Waals surface area (Å²) in [6, 6.07) is 17.1. The Kier molecular flexibility index (Phi) is 6.59. The molecule has 0 aliphatic carbocycles. The van der Waals surface area contributed by atoms with Gasteiger partial charge in [0.2, 0.25) is 4.80 Å². The number of hydrogen-bond donors (Lipinski definition) is 2. The van der Waals surface area contributed by atoms with Gasteiger partial charge in [-0.15, -0.1) is 11.3 Å². The number of aryl methyl sites for hydroxylation is 1. The summed E-state index contributed by atoms with van der Waals surface area (Å²) in [7, 11) is 0. The van der Waals surface area contributed by atoms with Crippen LogP contribution >= 0.6 is 43.2 Å². The topological polar surface area (TPSA) is 88.2 Å². The van der Waals surface area contributed by atoms with Crippen LogP contribution in [0.1, 0.15) is 11.1 Å². The van der Waals surface area contributed by atoms with Crippen molar-refractivity contribution in [3.05, 3.63) is 84.9 Å². The summed E-state index contributed by atoms with van der Waals surface area (Å²) >= 11 is 8.18. The Balaban J connectivity index is 1.63. The van der Waals surface area contributed by atoms with Gasteiger partial charge in [-0.1, -0.05) is 17.7 Å². The van der Waals surface area contributed by atoms with E-state index in [0.717, 1.165) is 28.1 Å². The Hall–Kier alpha value is -3.21. The van der Waals surface area contributed by atoms with Crippen LogP contribution < -0.4 is 14.9 Å². The van der Waals surface area contributed by atoms with E-state index in [1.54, 1.807) is 23.0 Å². The van der Waals surface area contributed by atoms with Gasteiger partial charge in [-0.25, -0.2) is 9.67 Å². The van der Waals surface area contributed by atoms with Crippen molar-refractivity contribution in [1.29, 1.82) is 0 Å². The molecule has 1 aliphatic heterocycles. The minimum Gasteiger partial charge on any atom is -0.506 e. The molecule has 2 heterocycles. The van der Waals surface area contributed by atoms with Gasteiger partial charge in [0.15, 0.2) is 6.61 Å². The largest absolute Gasteiger partial charge is 0.506 e. The maximum atomic E-state index is 11.8. The average Bonchev–Trinajstić information content (AvgIpc) is 3.24. The van der Waals surface area contributed by atoms with Crippen molar-refractivity contribution < 1.29 is 14.6 Å². The number of amides is 1. The third-order valence-electron chi connectivity index (χ3n) is 5.21. The van der Waals surface area contributed by atoms with Crippen LogP contribution in [0.15, 0.2) is 79.0 Å². The first-order valence-corrected chi connectivity index (χ1v) is 13.0. The van der Waals surface area contributed by atoms with E-state index in [2.05, 4.69) is 37.2 Å². The number of hydrogen-bond acceptors (Lipinski definition) is 6. The zero-order chi connectivity index (χ0) is 24.5. The predicted molar refractivity (Wildman–Crippen MR) is 145 cm³/mol. The van der Waals surface area contributed by atoms with Crippen LogP contribution in [0.25, 0.3) is 11.3 Å². The first-order valence-electron chi connectivity index (χ1n) is 10.5. The molecule has 0 fully saturated rings. The molecule has 0 saturated heterocycles. The van der Waals surface area contributed by atoms with E-state index in [1.807, 2.05) is 54.8 Å². The summed E-state index contributed by atoms with van der Waals surface area (Å²) in [5.41, 5.74) is 5.01. The van der Waals surface area contributed by atoms with Crippen molar-refractivity contribution in [2.75, 3.05) is 11.9 Å². The van der Waals surface area contributed by atoms with Crippen LogP contribution in [-0.2, 0) is 4.79 Å². The van der Waals surface area contributed by atoms with E-state index in [9.17, 15) is 9.90 Å². The van der Waals surface area contributed by atoms with Crippen molar-refractivity contribution in [3.8, 4) is 22.8 Å². The number of ether oxygens (including phenoxy) is 1. The third-order valence-corrected chi connectivity index (χ3v) is 7.24. The molecule has 4 aromatic rings. The number of anilines is 1. The number of fused-ring (bicyclic) bond motifs is 1. The number of nitrogens with one attached hydrogen (secondary N) is 1. The number of phenols is 1. The van der Waals surface area contributed by atoms with Gasteiger partial charge in [0, 0.05) is 10.9 Å². The summed E-state index contributed by atoms with van der Waals surface area (Å²) < 4.78 is 8.36. The van der Waals surface area contributed by atoms with Crippen LogP contribution in [0.5, 0.6) is 11.5 Å². The lowest BCUT2D eigenvalue weighted by atomic mass is 10.1. The summed E-state index contributed by atoms with van der Waals surface area (Å²) in [5, 5.41) is 19.6. The first kappa shape index (κ1) is 23.5. The average molecular weight is 614 g/mol. The van der Waals surface area contributed by atoms with E-state index < -0.39 is 0 Å². The SMILES string of the molecule is Cc1ccc(N=c2scc(-c3ccc4c(c3)NC(=O)CO4)n2N=Cc2cc(Br)c(O)c(Br)c2)cc1. The summed E-state index contributed by atoms with van der Waals surface area (Å²) in [6.07, 6.45) is 1.70.